The van der Waals surface area contributed by atoms with Gasteiger partial charge in [-0.1, -0.05) is 30.3 Å². The van der Waals surface area contributed by atoms with Crippen molar-refractivity contribution in [1.29, 1.82) is 0 Å². The summed E-state index contributed by atoms with van der Waals surface area (Å²) < 4.78 is 0. The van der Waals surface area contributed by atoms with Crippen molar-refractivity contribution in [3.05, 3.63) is 59.0 Å². The van der Waals surface area contributed by atoms with Crippen molar-refractivity contribution >= 4 is 34.6 Å². The number of rotatable bonds is 4. The van der Waals surface area contributed by atoms with Gasteiger partial charge in [0.25, 0.3) is 5.91 Å². The van der Waals surface area contributed by atoms with Crippen LogP contribution in [0.25, 0.3) is 6.08 Å². The Bertz CT molecular complexity index is 588. The van der Waals surface area contributed by atoms with Crippen LogP contribution >= 0.6 is 11.3 Å². The molecule has 0 aliphatic carbocycles. The van der Waals surface area contributed by atoms with E-state index in [-0.39, 0.29) is 11.5 Å². The maximum atomic E-state index is 12.2. The lowest BCUT2D eigenvalue weighted by atomic mass is 10.1. The van der Waals surface area contributed by atoms with Crippen LogP contribution < -0.4 is 4.90 Å². The van der Waals surface area contributed by atoms with E-state index >= 15 is 0 Å². The summed E-state index contributed by atoms with van der Waals surface area (Å²) in [5, 5.41) is 2.70. The van der Waals surface area contributed by atoms with Gasteiger partial charge in [0.05, 0.1) is 10.6 Å². The summed E-state index contributed by atoms with van der Waals surface area (Å²) >= 11 is 1.46. The summed E-state index contributed by atoms with van der Waals surface area (Å²) in [4.78, 5) is 24.8. The van der Waals surface area contributed by atoms with Crippen molar-refractivity contribution in [1.82, 2.24) is 0 Å². The molecule has 2 rings (SSSR count). The Kier molecular flexibility index (Phi) is 4.26. The molecule has 3 nitrogen and oxygen atoms in total. The second-order valence-electron chi connectivity index (χ2n) is 3.94. The third-order valence-electron chi connectivity index (χ3n) is 2.64. The van der Waals surface area contributed by atoms with Gasteiger partial charge in [0, 0.05) is 7.05 Å². The first kappa shape index (κ1) is 13.2. The van der Waals surface area contributed by atoms with Crippen molar-refractivity contribution in [2.24, 2.45) is 0 Å². The van der Waals surface area contributed by atoms with Gasteiger partial charge >= 0.3 is 0 Å². The molecule has 1 aromatic heterocycles. The highest BCUT2D eigenvalue weighted by Crippen LogP contribution is 2.21. The second kappa shape index (κ2) is 6.11. The number of nitrogens with zero attached hydrogens (tertiary/aromatic N) is 1. The zero-order valence-electron chi connectivity index (χ0n) is 10.4. The van der Waals surface area contributed by atoms with Crippen LogP contribution in [0.1, 0.15) is 5.56 Å². The molecule has 0 radical (unpaired) electrons. The molecule has 0 saturated carbocycles. The monoisotopic (exact) mass is 271 g/mol. The SMILES string of the molecule is CN(C(=O)C(C=O)=Cc1ccccc1)c1cccs1. The first-order valence-corrected chi connectivity index (χ1v) is 6.64. The average Bonchev–Trinajstić information content (AvgIpc) is 2.98. The molecule has 96 valence electrons. The molecular weight excluding hydrogens is 258 g/mol. The maximum absolute atomic E-state index is 12.2. The predicted octanol–water partition coefficient (Wildman–Crippen LogP) is 2.99. The molecule has 0 saturated heterocycles. The molecule has 1 aromatic carbocycles. The molecule has 0 aliphatic rings. The molecule has 0 unspecified atom stereocenters. The summed E-state index contributed by atoms with van der Waals surface area (Å²) in [6, 6.07) is 13.0. The standard InChI is InChI=1S/C15H13NO2S/c1-16(14-8-5-9-19-14)15(18)13(11-17)10-12-6-3-2-4-7-12/h2-11H,1H3. The third kappa shape index (κ3) is 3.17. The number of likely N-dealkylation sites (N-methyl/N-ethyl adjacent to an activating group) is 1. The fraction of sp³-hybridized carbons (Fsp3) is 0.0667. The quantitative estimate of drug-likeness (QED) is 0.371. The van der Waals surface area contributed by atoms with E-state index in [0.29, 0.717) is 6.29 Å². The van der Waals surface area contributed by atoms with Crippen molar-refractivity contribution < 1.29 is 9.59 Å². The molecule has 0 aliphatic heterocycles. The van der Waals surface area contributed by atoms with Crippen LogP contribution in [-0.4, -0.2) is 19.2 Å². The van der Waals surface area contributed by atoms with Gasteiger partial charge in [-0.3, -0.25) is 9.59 Å². The van der Waals surface area contributed by atoms with Gasteiger partial charge in [0.2, 0.25) is 0 Å². The summed E-state index contributed by atoms with van der Waals surface area (Å²) in [5.74, 6) is -0.304. The number of aldehydes is 1. The molecule has 1 amide bonds. The minimum Gasteiger partial charge on any atom is -0.303 e. The third-order valence-corrected chi connectivity index (χ3v) is 3.58. The predicted molar refractivity (Wildman–Crippen MR) is 78.2 cm³/mol. The van der Waals surface area contributed by atoms with Gasteiger partial charge in [-0.05, 0) is 29.2 Å². The van der Waals surface area contributed by atoms with Crippen molar-refractivity contribution in [3.8, 4) is 0 Å². The number of thiophene rings is 1. The first-order chi connectivity index (χ1) is 9.22. The van der Waals surface area contributed by atoms with Gasteiger partial charge in [-0.2, -0.15) is 0 Å². The van der Waals surface area contributed by atoms with Gasteiger partial charge in [0.1, 0.15) is 0 Å². The fourth-order valence-corrected chi connectivity index (χ4v) is 2.32. The maximum Gasteiger partial charge on any atom is 0.261 e. The van der Waals surface area contributed by atoms with Crippen LogP contribution in [0.3, 0.4) is 0 Å². The van der Waals surface area contributed by atoms with E-state index < -0.39 is 0 Å². The number of carbonyl (C=O) groups is 2. The van der Waals surface area contributed by atoms with E-state index in [1.54, 1.807) is 13.1 Å². The number of hydrogen-bond acceptors (Lipinski definition) is 3. The van der Waals surface area contributed by atoms with Gasteiger partial charge in [-0.25, -0.2) is 0 Å². The Morgan fingerprint density at radius 1 is 1.16 bits per heavy atom. The lowest BCUT2D eigenvalue weighted by Gasteiger charge is -2.14. The Morgan fingerprint density at radius 2 is 1.89 bits per heavy atom. The van der Waals surface area contributed by atoms with E-state index in [9.17, 15) is 9.59 Å². The number of anilines is 1. The zero-order chi connectivity index (χ0) is 13.7. The highest BCUT2D eigenvalue weighted by Gasteiger charge is 2.16. The van der Waals surface area contributed by atoms with Crippen molar-refractivity contribution in [2.45, 2.75) is 0 Å². The molecule has 0 spiro atoms. The minimum atomic E-state index is -0.304. The molecule has 4 heteroatoms. The number of hydrogen-bond donors (Lipinski definition) is 0. The number of carbonyl (C=O) groups excluding carboxylic acids is 2. The Hall–Kier alpha value is -2.20. The molecule has 0 atom stereocenters. The zero-order valence-corrected chi connectivity index (χ0v) is 11.3. The van der Waals surface area contributed by atoms with Crippen LogP contribution in [0, 0.1) is 0 Å². The van der Waals surface area contributed by atoms with E-state index in [4.69, 9.17) is 0 Å². The van der Waals surface area contributed by atoms with E-state index in [1.807, 2.05) is 47.8 Å². The van der Waals surface area contributed by atoms with E-state index in [1.165, 1.54) is 16.2 Å². The number of benzene rings is 1. The molecule has 0 bridgehead atoms. The van der Waals surface area contributed by atoms with Crippen molar-refractivity contribution in [2.75, 3.05) is 11.9 Å². The van der Waals surface area contributed by atoms with Crippen LogP contribution in [0.5, 0.6) is 0 Å². The van der Waals surface area contributed by atoms with Crippen LogP contribution in [0.15, 0.2) is 53.4 Å². The summed E-state index contributed by atoms with van der Waals surface area (Å²) in [7, 11) is 1.66. The van der Waals surface area contributed by atoms with Gasteiger partial charge in [-0.15, -0.1) is 11.3 Å². The summed E-state index contributed by atoms with van der Waals surface area (Å²) in [6.07, 6.45) is 2.19. The Labute approximate surface area is 115 Å². The van der Waals surface area contributed by atoms with Gasteiger partial charge < -0.3 is 4.90 Å². The molecule has 1 heterocycles. The first-order valence-electron chi connectivity index (χ1n) is 5.76. The van der Waals surface area contributed by atoms with Crippen LogP contribution in [0.4, 0.5) is 5.00 Å². The fourth-order valence-electron chi connectivity index (χ4n) is 1.63. The lowest BCUT2D eigenvalue weighted by molar-refractivity contribution is -0.116. The van der Waals surface area contributed by atoms with Crippen LogP contribution in [0.2, 0.25) is 0 Å². The molecule has 0 N–H and O–H groups in total. The highest BCUT2D eigenvalue weighted by atomic mass is 32.1. The lowest BCUT2D eigenvalue weighted by Crippen LogP contribution is -2.27. The largest absolute Gasteiger partial charge is 0.303 e. The molecule has 2 aromatic rings. The van der Waals surface area contributed by atoms with Gasteiger partial charge in [0.15, 0.2) is 6.29 Å². The summed E-state index contributed by atoms with van der Waals surface area (Å²) in [6.45, 7) is 0. The smallest absolute Gasteiger partial charge is 0.261 e. The molecule has 19 heavy (non-hydrogen) atoms. The molecule has 0 fully saturated rings. The normalized spacial score (nSPS) is 11.1. The van der Waals surface area contributed by atoms with Crippen LogP contribution in [-0.2, 0) is 9.59 Å². The van der Waals surface area contributed by atoms with E-state index in [2.05, 4.69) is 0 Å². The second-order valence-corrected chi connectivity index (χ2v) is 4.87. The topological polar surface area (TPSA) is 37.4 Å². The van der Waals surface area contributed by atoms with E-state index in [0.717, 1.165) is 10.6 Å². The summed E-state index contributed by atoms with van der Waals surface area (Å²) in [5.41, 5.74) is 0.972. The molecular formula is C15H13NO2S. The number of amides is 1. The average molecular weight is 271 g/mol. The van der Waals surface area contributed by atoms with Crippen molar-refractivity contribution in [3.63, 3.8) is 0 Å². The Morgan fingerprint density at radius 3 is 2.47 bits per heavy atom. The Balaban J connectivity index is 2.25. The highest BCUT2D eigenvalue weighted by molar-refractivity contribution is 7.14. The minimum absolute atomic E-state index is 0.141.